The maximum atomic E-state index is 11.8. The molecule has 1 fully saturated rings. The summed E-state index contributed by atoms with van der Waals surface area (Å²) in [5.74, 6) is -0.759. The zero-order chi connectivity index (χ0) is 23.7. The van der Waals surface area contributed by atoms with E-state index in [1.165, 1.54) is 7.11 Å². The number of methoxy groups -OCH3 is 1. The molecule has 33 heavy (non-hydrogen) atoms. The molecule has 10 heteroatoms. The number of ether oxygens (including phenoxy) is 5. The number of hydrogen-bond acceptors (Lipinski definition) is 9. The first-order chi connectivity index (χ1) is 15.9. The van der Waals surface area contributed by atoms with E-state index >= 15 is 0 Å². The molecule has 1 N–H and O–H groups in total. The molecule has 0 aliphatic carbocycles. The van der Waals surface area contributed by atoms with Gasteiger partial charge in [0.25, 0.3) is 10.1 Å². The van der Waals surface area contributed by atoms with E-state index in [0.29, 0.717) is 6.61 Å². The van der Waals surface area contributed by atoms with E-state index < -0.39 is 46.8 Å². The molecular formula is C23H30O9S. The van der Waals surface area contributed by atoms with Crippen LogP contribution in [0.15, 0.2) is 60.7 Å². The summed E-state index contributed by atoms with van der Waals surface area (Å²) >= 11 is 0. The molecule has 1 aliphatic rings. The van der Waals surface area contributed by atoms with E-state index in [2.05, 4.69) is 4.18 Å². The molecule has 2 aromatic rings. The molecule has 0 unspecified atom stereocenters. The smallest absolute Gasteiger partial charge is 0.291 e. The van der Waals surface area contributed by atoms with Crippen molar-refractivity contribution >= 4 is 10.1 Å². The van der Waals surface area contributed by atoms with Crippen LogP contribution in [0, 0.1) is 0 Å². The third-order valence-corrected chi connectivity index (χ3v) is 6.12. The van der Waals surface area contributed by atoms with Gasteiger partial charge in [-0.3, -0.25) is 4.18 Å². The van der Waals surface area contributed by atoms with Crippen LogP contribution in [-0.4, -0.2) is 71.0 Å². The number of rotatable bonds is 12. The van der Waals surface area contributed by atoms with Crippen molar-refractivity contribution < 1.29 is 41.4 Å². The van der Waals surface area contributed by atoms with Gasteiger partial charge in [0.2, 0.25) is 0 Å². The van der Waals surface area contributed by atoms with E-state index in [4.69, 9.17) is 23.7 Å². The minimum Gasteiger partial charge on any atom is -0.387 e. The lowest BCUT2D eigenvalue weighted by atomic mass is 9.98. The molecular weight excluding hydrogens is 452 g/mol. The Bertz CT molecular complexity index is 923. The topological polar surface area (TPSA) is 110 Å². The summed E-state index contributed by atoms with van der Waals surface area (Å²) in [5, 5.41) is 11.0. The average Bonchev–Trinajstić information content (AvgIpc) is 2.84. The summed E-state index contributed by atoms with van der Waals surface area (Å²) in [6, 6.07) is 19.0. The largest absolute Gasteiger partial charge is 0.387 e. The van der Waals surface area contributed by atoms with Crippen molar-refractivity contribution in [2.75, 3.05) is 26.8 Å². The SMILES string of the molecule is CO[C@H]1O[C@H](COCc2ccccc2)[C@@H](O)[C@H](OCS(=O)(=O)OC)[C@H]1OCc1ccccc1. The standard InChI is InChI=1S/C23H30O9S/c1-27-23-22(30-14-18-11-7-4-8-12-18)21(31-16-33(25,26)28-2)20(24)19(32-23)15-29-13-17-9-5-3-6-10-17/h3-12,19-24H,13-16H2,1-2H3/t19-,20-,21+,22-,23+/m1/s1. The normalized spacial score (nSPS) is 25.7. The first-order valence-corrected chi connectivity index (χ1v) is 12.0. The van der Waals surface area contributed by atoms with Crippen LogP contribution in [0.1, 0.15) is 11.1 Å². The van der Waals surface area contributed by atoms with Gasteiger partial charge < -0.3 is 28.8 Å². The van der Waals surface area contributed by atoms with Crippen LogP contribution in [0.3, 0.4) is 0 Å². The second kappa shape index (κ2) is 12.5. The molecule has 0 aromatic heterocycles. The van der Waals surface area contributed by atoms with E-state index in [-0.39, 0.29) is 13.2 Å². The van der Waals surface area contributed by atoms with Crippen molar-refractivity contribution in [2.45, 2.75) is 43.9 Å². The summed E-state index contributed by atoms with van der Waals surface area (Å²) in [7, 11) is -1.45. The molecule has 2 aromatic carbocycles. The highest BCUT2D eigenvalue weighted by atomic mass is 32.2. The number of benzene rings is 2. The molecule has 1 heterocycles. The average molecular weight is 483 g/mol. The minimum absolute atomic E-state index is 0.0399. The Hall–Kier alpha value is -1.89. The zero-order valence-corrected chi connectivity index (χ0v) is 19.4. The van der Waals surface area contributed by atoms with Crippen molar-refractivity contribution in [2.24, 2.45) is 0 Å². The summed E-state index contributed by atoms with van der Waals surface area (Å²) in [5.41, 5.74) is 1.85. The molecule has 0 spiro atoms. The fourth-order valence-electron chi connectivity index (χ4n) is 3.43. The number of aliphatic hydroxyl groups is 1. The lowest BCUT2D eigenvalue weighted by Gasteiger charge is -2.43. The van der Waals surface area contributed by atoms with Gasteiger partial charge in [0.1, 0.15) is 24.4 Å². The Labute approximate surface area is 194 Å². The molecule has 0 saturated carbocycles. The van der Waals surface area contributed by atoms with Gasteiger partial charge in [-0.2, -0.15) is 8.42 Å². The van der Waals surface area contributed by atoms with Crippen molar-refractivity contribution in [1.82, 2.24) is 0 Å². The van der Waals surface area contributed by atoms with Gasteiger partial charge in [0, 0.05) is 7.11 Å². The van der Waals surface area contributed by atoms with Crippen molar-refractivity contribution in [1.29, 1.82) is 0 Å². The predicted octanol–water partition coefficient (Wildman–Crippen LogP) is 1.84. The summed E-state index contributed by atoms with van der Waals surface area (Å²) in [4.78, 5) is 0. The molecule has 0 amide bonds. The third-order valence-electron chi connectivity index (χ3n) is 5.19. The van der Waals surface area contributed by atoms with Crippen LogP contribution in [0.2, 0.25) is 0 Å². The van der Waals surface area contributed by atoms with E-state index in [1.54, 1.807) is 0 Å². The lowest BCUT2D eigenvalue weighted by Crippen LogP contribution is -2.61. The Morgan fingerprint density at radius 3 is 2.06 bits per heavy atom. The van der Waals surface area contributed by atoms with Crippen molar-refractivity contribution in [3.8, 4) is 0 Å². The Morgan fingerprint density at radius 2 is 1.48 bits per heavy atom. The predicted molar refractivity (Wildman–Crippen MR) is 118 cm³/mol. The van der Waals surface area contributed by atoms with Crippen molar-refractivity contribution in [3.05, 3.63) is 71.8 Å². The molecule has 0 bridgehead atoms. The van der Waals surface area contributed by atoms with Gasteiger partial charge in [-0.1, -0.05) is 60.7 Å². The van der Waals surface area contributed by atoms with Crippen LogP contribution in [-0.2, 0) is 51.2 Å². The second-order valence-electron chi connectivity index (χ2n) is 7.50. The highest BCUT2D eigenvalue weighted by Gasteiger charge is 2.47. The van der Waals surface area contributed by atoms with E-state index in [9.17, 15) is 13.5 Å². The molecule has 1 saturated heterocycles. The zero-order valence-electron chi connectivity index (χ0n) is 18.6. The van der Waals surface area contributed by atoms with Gasteiger partial charge >= 0.3 is 0 Å². The number of aliphatic hydroxyl groups excluding tert-OH is 1. The molecule has 9 nitrogen and oxygen atoms in total. The third kappa shape index (κ3) is 7.56. The summed E-state index contributed by atoms with van der Waals surface area (Å²) < 4.78 is 56.7. The molecule has 0 radical (unpaired) electrons. The molecule has 1 aliphatic heterocycles. The monoisotopic (exact) mass is 482 g/mol. The van der Waals surface area contributed by atoms with Gasteiger partial charge in [-0.25, -0.2) is 0 Å². The first-order valence-electron chi connectivity index (χ1n) is 10.5. The minimum atomic E-state index is -3.93. The fourth-order valence-corrected chi connectivity index (χ4v) is 3.85. The maximum Gasteiger partial charge on any atom is 0.291 e. The molecule has 5 atom stereocenters. The van der Waals surface area contributed by atoms with Gasteiger partial charge in [-0.15, -0.1) is 0 Å². The Morgan fingerprint density at radius 1 is 0.879 bits per heavy atom. The molecule has 3 rings (SSSR count). The number of hydrogen-bond donors (Lipinski definition) is 1. The van der Waals surface area contributed by atoms with Crippen LogP contribution in [0.4, 0.5) is 0 Å². The van der Waals surface area contributed by atoms with E-state index in [1.807, 2.05) is 60.7 Å². The molecule has 182 valence electrons. The Kier molecular flexibility index (Phi) is 9.78. The fraction of sp³-hybridized carbons (Fsp3) is 0.478. The lowest BCUT2D eigenvalue weighted by molar-refractivity contribution is -0.312. The van der Waals surface area contributed by atoms with Crippen molar-refractivity contribution in [3.63, 3.8) is 0 Å². The van der Waals surface area contributed by atoms with E-state index in [0.717, 1.165) is 18.2 Å². The van der Waals surface area contributed by atoms with Crippen LogP contribution in [0.25, 0.3) is 0 Å². The summed E-state index contributed by atoms with van der Waals surface area (Å²) in [6.45, 7) is 0.550. The Balaban J connectivity index is 1.70. The van der Waals surface area contributed by atoms with Gasteiger partial charge in [0.05, 0.1) is 26.9 Å². The summed E-state index contributed by atoms with van der Waals surface area (Å²) in [6.07, 6.45) is -4.95. The highest BCUT2D eigenvalue weighted by Crippen LogP contribution is 2.28. The van der Waals surface area contributed by atoms with Crippen LogP contribution in [0.5, 0.6) is 0 Å². The second-order valence-corrected chi connectivity index (χ2v) is 9.19. The first kappa shape index (κ1) is 25.7. The van der Waals surface area contributed by atoms with Gasteiger partial charge in [-0.05, 0) is 11.1 Å². The van der Waals surface area contributed by atoms with Gasteiger partial charge in [0.15, 0.2) is 12.2 Å². The quantitative estimate of drug-likeness (QED) is 0.453. The van der Waals surface area contributed by atoms with Crippen LogP contribution >= 0.6 is 0 Å². The highest BCUT2D eigenvalue weighted by molar-refractivity contribution is 7.86. The maximum absolute atomic E-state index is 11.8. The van der Waals surface area contributed by atoms with Crippen LogP contribution < -0.4 is 0 Å².